The zero-order valence-corrected chi connectivity index (χ0v) is 24.0. The average Bonchev–Trinajstić information content (AvgIpc) is 2.99. The van der Waals surface area contributed by atoms with Crippen LogP contribution in [0.5, 0.6) is 28.7 Å². The van der Waals surface area contributed by atoms with Crippen LogP contribution in [0.1, 0.15) is 23.5 Å². The van der Waals surface area contributed by atoms with Crippen molar-refractivity contribution in [3.05, 3.63) is 75.9 Å². The predicted octanol–water partition coefficient (Wildman–Crippen LogP) is 4.19. The molecule has 0 unspecified atom stereocenters. The van der Waals surface area contributed by atoms with Gasteiger partial charge in [-0.3, -0.25) is 9.59 Å². The Bertz CT molecular complexity index is 1660. The number of amides is 1. The third-order valence-electron chi connectivity index (χ3n) is 7.75. The normalized spacial score (nSPS) is 14.5. The average molecular weight is 575 g/mol. The number of methoxy groups -OCH3 is 3. The molecule has 1 saturated heterocycles. The Morgan fingerprint density at radius 3 is 2.24 bits per heavy atom. The second kappa shape index (κ2) is 12.0. The predicted molar refractivity (Wildman–Crippen MR) is 158 cm³/mol. The molecule has 42 heavy (non-hydrogen) atoms. The quantitative estimate of drug-likeness (QED) is 0.319. The van der Waals surface area contributed by atoms with Crippen molar-refractivity contribution in [2.24, 2.45) is 0 Å². The number of carbonyl (C=O) groups excluding carboxylic acids is 1. The highest BCUT2D eigenvalue weighted by molar-refractivity contribution is 5.91. The molecule has 0 aliphatic carbocycles. The lowest BCUT2D eigenvalue weighted by molar-refractivity contribution is -0.133. The van der Waals surface area contributed by atoms with Crippen molar-refractivity contribution in [3.8, 4) is 40.1 Å². The van der Waals surface area contributed by atoms with Gasteiger partial charge >= 0.3 is 0 Å². The number of benzene rings is 3. The van der Waals surface area contributed by atoms with E-state index >= 15 is 0 Å². The first-order chi connectivity index (χ1) is 20.3. The van der Waals surface area contributed by atoms with Crippen LogP contribution in [0.15, 0.2) is 63.8 Å². The van der Waals surface area contributed by atoms with Gasteiger partial charge in [-0.2, -0.15) is 0 Å². The molecule has 1 amide bonds. The molecule has 10 heteroatoms. The number of hydrogen-bond acceptors (Lipinski definition) is 9. The molecule has 3 aromatic carbocycles. The van der Waals surface area contributed by atoms with Crippen molar-refractivity contribution in [1.29, 1.82) is 0 Å². The zero-order valence-electron chi connectivity index (χ0n) is 24.0. The molecule has 1 aliphatic rings. The van der Waals surface area contributed by atoms with Gasteiger partial charge in [0.2, 0.25) is 11.7 Å². The van der Waals surface area contributed by atoms with Crippen molar-refractivity contribution in [2.75, 3.05) is 54.6 Å². The van der Waals surface area contributed by atoms with Crippen LogP contribution >= 0.6 is 0 Å². The lowest BCUT2D eigenvalue weighted by Gasteiger charge is -2.33. The topological polar surface area (TPSA) is 122 Å². The number of phenols is 2. The summed E-state index contributed by atoms with van der Waals surface area (Å²) in [7, 11) is 6.46. The summed E-state index contributed by atoms with van der Waals surface area (Å²) in [6, 6.07) is 14.9. The molecule has 5 rings (SSSR count). The van der Waals surface area contributed by atoms with Crippen molar-refractivity contribution < 1.29 is 33.6 Å². The molecule has 0 saturated carbocycles. The molecular weight excluding hydrogens is 540 g/mol. The molecule has 1 aliphatic heterocycles. The lowest BCUT2D eigenvalue weighted by atomic mass is 9.85. The largest absolute Gasteiger partial charge is 0.507 e. The molecule has 220 valence electrons. The Labute approximate surface area is 243 Å². The summed E-state index contributed by atoms with van der Waals surface area (Å²) in [5.41, 5.74) is 0.807. The minimum absolute atomic E-state index is 0.0214. The summed E-state index contributed by atoms with van der Waals surface area (Å²) in [4.78, 5) is 31.1. The van der Waals surface area contributed by atoms with Crippen LogP contribution in [-0.4, -0.2) is 80.5 Å². The van der Waals surface area contributed by atoms with Gasteiger partial charge in [-0.05, 0) is 13.1 Å². The number of hydrogen-bond donors (Lipinski definition) is 2. The number of rotatable bonds is 8. The second-order valence-corrected chi connectivity index (χ2v) is 10.2. The highest BCUT2D eigenvalue weighted by atomic mass is 16.5. The summed E-state index contributed by atoms with van der Waals surface area (Å²) in [6.45, 7) is 2.58. The minimum Gasteiger partial charge on any atom is -0.507 e. The number of piperazine rings is 1. The molecular formula is C32H34N2O8. The second-order valence-electron chi connectivity index (χ2n) is 10.2. The van der Waals surface area contributed by atoms with Gasteiger partial charge in [0.25, 0.3) is 0 Å². The standard InChI is InChI=1S/C32H34N2O8/c1-33-12-14-34(15-13-33)27(38)16-21(20-10-11-25(39-2)31(41-4)30(20)40-3)28-22(35)17-23(36)29-24(37)18-26(42-32(28)29)19-8-6-5-7-9-19/h5-11,17-18,21,35-36H,12-16H2,1-4H3/t21-/m0/s1. The Balaban J connectivity index is 1.77. The van der Waals surface area contributed by atoms with Crippen LogP contribution < -0.4 is 19.6 Å². The number of fused-ring (bicyclic) bond motifs is 1. The Hall–Kier alpha value is -4.70. The summed E-state index contributed by atoms with van der Waals surface area (Å²) in [5.74, 6) is -0.484. The summed E-state index contributed by atoms with van der Waals surface area (Å²) in [5, 5.41) is 22.0. The number of carbonyl (C=O) groups is 1. The summed E-state index contributed by atoms with van der Waals surface area (Å²) < 4.78 is 23.2. The molecule has 0 bridgehead atoms. The number of ether oxygens (including phenoxy) is 3. The van der Waals surface area contributed by atoms with Crippen molar-refractivity contribution in [1.82, 2.24) is 9.80 Å². The molecule has 2 N–H and O–H groups in total. The first kappa shape index (κ1) is 28.8. The number of aromatic hydroxyl groups is 2. The number of phenolic OH excluding ortho intramolecular Hbond substituents is 2. The van der Waals surface area contributed by atoms with Crippen LogP contribution in [0.3, 0.4) is 0 Å². The van der Waals surface area contributed by atoms with Crippen LogP contribution in [0.25, 0.3) is 22.3 Å². The fourth-order valence-electron chi connectivity index (χ4n) is 5.53. The Kier molecular flexibility index (Phi) is 8.26. The van der Waals surface area contributed by atoms with Crippen LogP contribution in [0, 0.1) is 0 Å². The molecule has 10 nitrogen and oxygen atoms in total. The smallest absolute Gasteiger partial charge is 0.223 e. The van der Waals surface area contributed by atoms with Gasteiger partial charge in [0, 0.05) is 67.3 Å². The van der Waals surface area contributed by atoms with E-state index in [2.05, 4.69) is 4.90 Å². The zero-order chi connectivity index (χ0) is 30.0. The van der Waals surface area contributed by atoms with E-state index in [1.807, 2.05) is 25.2 Å². The van der Waals surface area contributed by atoms with Crippen LogP contribution in [0.4, 0.5) is 0 Å². The van der Waals surface area contributed by atoms with E-state index in [0.717, 1.165) is 19.2 Å². The monoisotopic (exact) mass is 574 g/mol. The van der Waals surface area contributed by atoms with Gasteiger partial charge in [-0.15, -0.1) is 0 Å². The highest BCUT2D eigenvalue weighted by Crippen LogP contribution is 2.49. The summed E-state index contributed by atoms with van der Waals surface area (Å²) in [6.07, 6.45) is -0.0811. The first-order valence-corrected chi connectivity index (χ1v) is 13.6. The molecule has 0 spiro atoms. The van der Waals surface area contributed by atoms with E-state index in [1.165, 1.54) is 27.4 Å². The molecule has 4 aromatic rings. The highest BCUT2D eigenvalue weighted by Gasteiger charge is 2.33. The molecule has 1 aromatic heterocycles. The number of likely N-dealkylation sites (N-methyl/N-ethyl adjacent to an activating group) is 1. The fourth-order valence-corrected chi connectivity index (χ4v) is 5.53. The van der Waals surface area contributed by atoms with Gasteiger partial charge in [0.15, 0.2) is 16.9 Å². The molecule has 1 fully saturated rings. The molecule has 2 heterocycles. The minimum atomic E-state index is -0.857. The van der Waals surface area contributed by atoms with Crippen LogP contribution in [-0.2, 0) is 4.79 Å². The third-order valence-corrected chi connectivity index (χ3v) is 7.75. The third kappa shape index (κ3) is 5.33. The van der Waals surface area contributed by atoms with Crippen molar-refractivity contribution >= 4 is 16.9 Å². The first-order valence-electron chi connectivity index (χ1n) is 13.6. The van der Waals surface area contributed by atoms with E-state index in [9.17, 15) is 19.8 Å². The van der Waals surface area contributed by atoms with E-state index < -0.39 is 17.1 Å². The maximum atomic E-state index is 13.8. The molecule has 0 radical (unpaired) electrons. The van der Waals surface area contributed by atoms with E-state index in [1.54, 1.807) is 29.2 Å². The Morgan fingerprint density at radius 1 is 0.905 bits per heavy atom. The van der Waals surface area contributed by atoms with Gasteiger partial charge in [-0.25, -0.2) is 0 Å². The van der Waals surface area contributed by atoms with Gasteiger partial charge in [0.1, 0.15) is 28.2 Å². The van der Waals surface area contributed by atoms with Gasteiger partial charge in [-0.1, -0.05) is 36.4 Å². The maximum absolute atomic E-state index is 13.8. The maximum Gasteiger partial charge on any atom is 0.223 e. The van der Waals surface area contributed by atoms with Gasteiger partial charge < -0.3 is 38.6 Å². The summed E-state index contributed by atoms with van der Waals surface area (Å²) >= 11 is 0. The fraction of sp³-hybridized carbons (Fsp3) is 0.312. The van der Waals surface area contributed by atoms with Crippen molar-refractivity contribution in [3.63, 3.8) is 0 Å². The lowest BCUT2D eigenvalue weighted by Crippen LogP contribution is -2.47. The van der Waals surface area contributed by atoms with Gasteiger partial charge in [0.05, 0.1) is 21.3 Å². The molecule has 1 atom stereocenters. The van der Waals surface area contributed by atoms with E-state index in [4.69, 9.17) is 18.6 Å². The van der Waals surface area contributed by atoms with E-state index in [-0.39, 0.29) is 40.4 Å². The van der Waals surface area contributed by atoms with Crippen LogP contribution in [0.2, 0.25) is 0 Å². The van der Waals surface area contributed by atoms with Crippen molar-refractivity contribution in [2.45, 2.75) is 12.3 Å². The Morgan fingerprint density at radius 2 is 1.60 bits per heavy atom. The SMILES string of the molecule is COc1ccc([C@H](CC(=O)N2CCN(C)CC2)c2c(O)cc(O)c3c(=O)cc(-c4ccccc4)oc23)c(OC)c1OC. The number of nitrogens with zero attached hydrogens (tertiary/aromatic N) is 2. The van der Waals surface area contributed by atoms with E-state index in [0.29, 0.717) is 41.5 Å².